The lowest BCUT2D eigenvalue weighted by atomic mass is 9.71. The van der Waals surface area contributed by atoms with Crippen LogP contribution in [0.2, 0.25) is 0 Å². The number of nitrogens with zero attached hydrogens (tertiary/aromatic N) is 2. The van der Waals surface area contributed by atoms with Gasteiger partial charge in [0.1, 0.15) is 11.5 Å². The number of hydrogen-bond acceptors (Lipinski definition) is 4. The molecule has 0 saturated carbocycles. The van der Waals surface area contributed by atoms with Crippen molar-refractivity contribution in [2.24, 2.45) is 5.41 Å². The maximum absolute atomic E-state index is 11.2. The molecule has 3 aliphatic heterocycles. The number of phenols is 1. The largest absolute Gasteiger partial charge is 0.508 e. The van der Waals surface area contributed by atoms with E-state index in [2.05, 4.69) is 53.4 Å². The molecule has 3 aromatic carbocycles. The third-order valence-corrected chi connectivity index (χ3v) is 8.15. The Morgan fingerprint density at radius 1 is 0.914 bits per heavy atom. The van der Waals surface area contributed by atoms with E-state index in [1.165, 1.54) is 21.7 Å². The van der Waals surface area contributed by atoms with Crippen LogP contribution in [0.1, 0.15) is 41.4 Å². The number of hydrogen-bond donors (Lipinski definition) is 2. The number of benzene rings is 3. The Labute approximate surface area is 205 Å². The quantitative estimate of drug-likeness (QED) is 0.545. The van der Waals surface area contributed by atoms with Gasteiger partial charge in [-0.2, -0.15) is 0 Å². The van der Waals surface area contributed by atoms with Crippen molar-refractivity contribution in [3.63, 3.8) is 0 Å². The second kappa shape index (κ2) is 8.52. The summed E-state index contributed by atoms with van der Waals surface area (Å²) in [6.45, 7) is 3.83. The average molecular weight is 471 g/mol. The maximum atomic E-state index is 11.2. The van der Waals surface area contributed by atoms with Crippen LogP contribution in [0.4, 0.5) is 10.5 Å². The first-order chi connectivity index (χ1) is 17.0. The van der Waals surface area contributed by atoms with Gasteiger partial charge in [0.05, 0.1) is 6.61 Å². The van der Waals surface area contributed by atoms with Crippen LogP contribution in [0.5, 0.6) is 11.5 Å². The molecule has 6 nitrogen and oxygen atoms in total. The molecule has 1 spiro atoms. The van der Waals surface area contributed by atoms with Crippen LogP contribution in [0.25, 0.3) is 0 Å². The maximum Gasteiger partial charge on any atom is 0.407 e. The molecule has 3 heterocycles. The fraction of sp³-hybridized carbons (Fsp3) is 0.345. The van der Waals surface area contributed by atoms with E-state index >= 15 is 0 Å². The Balaban J connectivity index is 1.23. The number of phenolic OH excluding ortho intramolecular Hbond substituents is 1. The summed E-state index contributed by atoms with van der Waals surface area (Å²) in [5.41, 5.74) is 5.06. The highest BCUT2D eigenvalue weighted by Gasteiger charge is 2.45. The van der Waals surface area contributed by atoms with E-state index in [0.717, 1.165) is 37.2 Å². The Hall–Kier alpha value is -3.67. The molecule has 2 N–H and O–H groups in total. The van der Waals surface area contributed by atoms with E-state index in [1.54, 1.807) is 12.1 Å². The highest BCUT2D eigenvalue weighted by atomic mass is 16.5. The van der Waals surface area contributed by atoms with Crippen molar-refractivity contribution in [1.29, 1.82) is 0 Å². The van der Waals surface area contributed by atoms with E-state index < -0.39 is 6.09 Å². The van der Waals surface area contributed by atoms with E-state index in [0.29, 0.717) is 19.7 Å². The molecule has 1 amide bonds. The molecule has 2 fully saturated rings. The molecule has 6 rings (SSSR count). The summed E-state index contributed by atoms with van der Waals surface area (Å²) in [7, 11) is 0. The minimum absolute atomic E-state index is 0.138. The zero-order valence-electron chi connectivity index (χ0n) is 19.6. The van der Waals surface area contributed by atoms with Crippen LogP contribution in [0.15, 0.2) is 72.8 Å². The van der Waals surface area contributed by atoms with Crippen molar-refractivity contribution in [3.05, 3.63) is 89.5 Å². The van der Waals surface area contributed by atoms with Gasteiger partial charge in [-0.3, -0.25) is 0 Å². The van der Waals surface area contributed by atoms with E-state index in [-0.39, 0.29) is 23.0 Å². The summed E-state index contributed by atoms with van der Waals surface area (Å²) in [5, 5.41) is 19.2. The SMILES string of the molecule is O=C(O)N1CCC2(CC1)CN(c1ccc([C@@H]3c4ccc(O)cc4OC[C@@H]3c3ccccc3)cc1)C2. The summed E-state index contributed by atoms with van der Waals surface area (Å²) in [4.78, 5) is 15.2. The van der Waals surface area contributed by atoms with Crippen molar-refractivity contribution >= 4 is 11.8 Å². The van der Waals surface area contributed by atoms with Crippen LogP contribution in [0, 0.1) is 5.41 Å². The smallest absolute Gasteiger partial charge is 0.407 e. The minimum Gasteiger partial charge on any atom is -0.508 e. The first-order valence-electron chi connectivity index (χ1n) is 12.3. The summed E-state index contributed by atoms with van der Waals surface area (Å²) in [6, 6.07) is 24.8. The number of anilines is 1. The molecular weight excluding hydrogens is 440 g/mol. The lowest BCUT2D eigenvalue weighted by Crippen LogP contribution is -2.60. The fourth-order valence-electron chi connectivity index (χ4n) is 6.13. The Morgan fingerprint density at radius 2 is 1.63 bits per heavy atom. The molecule has 0 aromatic heterocycles. The van der Waals surface area contributed by atoms with Crippen molar-refractivity contribution in [2.45, 2.75) is 24.7 Å². The Bertz CT molecular complexity index is 1210. The van der Waals surface area contributed by atoms with Crippen LogP contribution in [-0.4, -0.2) is 54.0 Å². The Morgan fingerprint density at radius 3 is 2.31 bits per heavy atom. The summed E-state index contributed by atoms with van der Waals surface area (Å²) >= 11 is 0. The number of rotatable bonds is 3. The number of ether oxygens (including phenoxy) is 1. The zero-order valence-corrected chi connectivity index (χ0v) is 19.6. The van der Waals surface area contributed by atoms with Gasteiger partial charge in [-0.1, -0.05) is 48.5 Å². The van der Waals surface area contributed by atoms with Crippen LogP contribution >= 0.6 is 0 Å². The molecule has 0 bridgehead atoms. The van der Waals surface area contributed by atoms with Crippen molar-refractivity contribution in [1.82, 2.24) is 4.90 Å². The lowest BCUT2D eigenvalue weighted by Gasteiger charge is -2.54. The predicted octanol–water partition coefficient (Wildman–Crippen LogP) is 5.28. The van der Waals surface area contributed by atoms with E-state index in [9.17, 15) is 15.0 Å². The second-order valence-electron chi connectivity index (χ2n) is 10.2. The number of carboxylic acid groups (broad SMARTS) is 1. The Kier molecular flexibility index (Phi) is 5.32. The first-order valence-corrected chi connectivity index (χ1v) is 12.3. The average Bonchev–Trinajstić information content (AvgIpc) is 2.87. The molecule has 3 aliphatic rings. The molecular formula is C29H30N2O4. The predicted molar refractivity (Wildman–Crippen MR) is 135 cm³/mol. The van der Waals surface area contributed by atoms with Crippen molar-refractivity contribution in [3.8, 4) is 11.5 Å². The molecule has 2 atom stereocenters. The summed E-state index contributed by atoms with van der Waals surface area (Å²) in [6.07, 6.45) is 1.08. The molecule has 6 heteroatoms. The van der Waals surface area contributed by atoms with Gasteiger partial charge < -0.3 is 24.7 Å². The topological polar surface area (TPSA) is 73.2 Å². The van der Waals surface area contributed by atoms with Crippen LogP contribution in [-0.2, 0) is 0 Å². The number of likely N-dealkylation sites (tertiary alicyclic amines) is 1. The van der Waals surface area contributed by atoms with Gasteiger partial charge in [0.2, 0.25) is 0 Å². The second-order valence-corrected chi connectivity index (χ2v) is 10.2. The molecule has 180 valence electrons. The normalized spacial score (nSPS) is 22.7. The van der Waals surface area contributed by atoms with Crippen LogP contribution in [0.3, 0.4) is 0 Å². The van der Waals surface area contributed by atoms with Crippen molar-refractivity contribution < 1.29 is 19.7 Å². The van der Waals surface area contributed by atoms with Crippen molar-refractivity contribution in [2.75, 3.05) is 37.7 Å². The third-order valence-electron chi connectivity index (χ3n) is 8.15. The van der Waals surface area contributed by atoms with Gasteiger partial charge in [0.15, 0.2) is 0 Å². The van der Waals surface area contributed by atoms with E-state index in [1.807, 2.05) is 12.1 Å². The number of carbonyl (C=O) groups is 1. The fourth-order valence-corrected chi connectivity index (χ4v) is 6.13. The minimum atomic E-state index is -0.801. The molecule has 2 saturated heterocycles. The zero-order chi connectivity index (χ0) is 24.0. The third kappa shape index (κ3) is 3.97. The standard InChI is InChI=1S/C29H30N2O4/c32-23-10-11-24-26(16-23)35-17-25(20-4-2-1-3-5-20)27(24)21-6-8-22(9-7-21)31-18-29(19-31)12-14-30(15-13-29)28(33)34/h1-11,16,25,27,32H,12-15,17-19H2,(H,33,34)/t25-,27-/m1/s1. The van der Waals surface area contributed by atoms with Gasteiger partial charge in [-0.05, 0) is 42.2 Å². The first kappa shape index (κ1) is 21.8. The monoisotopic (exact) mass is 470 g/mol. The molecule has 35 heavy (non-hydrogen) atoms. The van der Waals surface area contributed by atoms with Gasteiger partial charge in [-0.25, -0.2) is 4.79 Å². The number of piperidine rings is 1. The van der Waals surface area contributed by atoms with E-state index in [4.69, 9.17) is 4.74 Å². The number of amides is 1. The highest BCUT2D eigenvalue weighted by Crippen LogP contribution is 2.48. The van der Waals surface area contributed by atoms with Gasteiger partial charge in [0.25, 0.3) is 0 Å². The van der Waals surface area contributed by atoms with Gasteiger partial charge in [-0.15, -0.1) is 0 Å². The number of aromatic hydroxyl groups is 1. The van der Waals surface area contributed by atoms with Gasteiger partial charge >= 0.3 is 6.09 Å². The summed E-state index contributed by atoms with van der Waals surface area (Å²) < 4.78 is 6.09. The lowest BCUT2D eigenvalue weighted by molar-refractivity contribution is 0.0710. The van der Waals surface area contributed by atoms with Crippen LogP contribution < -0.4 is 9.64 Å². The summed E-state index contributed by atoms with van der Waals surface area (Å²) in [5.74, 6) is 1.30. The molecule has 0 unspecified atom stereocenters. The molecule has 0 aliphatic carbocycles. The molecule has 0 radical (unpaired) electrons. The van der Waals surface area contributed by atoms with Gasteiger partial charge in [0, 0.05) is 60.7 Å². The number of fused-ring (bicyclic) bond motifs is 1. The molecule has 3 aromatic rings. The highest BCUT2D eigenvalue weighted by molar-refractivity contribution is 5.65.